The molecule has 0 radical (unpaired) electrons. The normalized spacial score (nSPS) is 15.5. The van der Waals surface area contributed by atoms with Crippen molar-refractivity contribution in [1.29, 1.82) is 0 Å². The second kappa shape index (κ2) is 2.26. The number of fused-ring (bicyclic) bond motifs is 1. The van der Waals surface area contributed by atoms with Gasteiger partial charge < -0.3 is 0 Å². The van der Waals surface area contributed by atoms with Gasteiger partial charge in [-0.2, -0.15) is 0 Å². The lowest BCUT2D eigenvalue weighted by molar-refractivity contribution is 0.0922. The summed E-state index contributed by atoms with van der Waals surface area (Å²) in [5.74, 6) is -0.00583. The van der Waals surface area contributed by atoms with Crippen molar-refractivity contribution in [2.75, 3.05) is 0 Å². The van der Waals surface area contributed by atoms with E-state index in [-0.39, 0.29) is 18.0 Å². The molecule has 0 unspecified atom stereocenters. The first-order valence-electron chi connectivity index (χ1n) is 3.77. The Morgan fingerprint density at radius 3 is 1.83 bits per heavy atom. The first-order chi connectivity index (χ1) is 5.61. The quantitative estimate of drug-likeness (QED) is 0.573. The van der Waals surface area contributed by atoms with Gasteiger partial charge in [0.2, 0.25) is 0 Å². The zero-order valence-electron chi connectivity index (χ0n) is 6.93. The van der Waals surface area contributed by atoms with Gasteiger partial charge in [0.05, 0.1) is 6.42 Å². The molecular weight excluding hydrogens is 172 g/mol. The Morgan fingerprint density at radius 1 is 1.00 bits per heavy atom. The molecule has 12 heavy (non-hydrogen) atoms. The minimum atomic E-state index is -0.00292. The van der Waals surface area contributed by atoms with Gasteiger partial charge in [0.15, 0.2) is 11.6 Å². The van der Waals surface area contributed by atoms with Crippen molar-refractivity contribution in [3.8, 4) is 0 Å². The number of aryl methyl sites for hydroxylation is 2. The van der Waals surface area contributed by atoms with Crippen molar-refractivity contribution in [2.24, 2.45) is 0 Å². The maximum Gasteiger partial charge on any atom is 0.172 e. The van der Waals surface area contributed by atoms with E-state index in [4.69, 9.17) is 0 Å². The molecule has 0 atom stereocenters. The fourth-order valence-corrected chi connectivity index (χ4v) is 2.77. The Balaban J connectivity index is 2.78. The summed E-state index contributed by atoms with van der Waals surface area (Å²) in [6.45, 7) is 3.79. The van der Waals surface area contributed by atoms with Crippen LogP contribution < -0.4 is 0 Å². The van der Waals surface area contributed by atoms with Crippen molar-refractivity contribution < 1.29 is 9.59 Å². The molecule has 0 aromatic carbocycles. The van der Waals surface area contributed by atoms with Crippen LogP contribution in [0.1, 0.15) is 36.9 Å². The summed E-state index contributed by atoms with van der Waals surface area (Å²) in [7, 11) is 0. The molecule has 0 N–H and O–H groups in total. The number of rotatable bonds is 0. The number of ketones is 2. The van der Waals surface area contributed by atoms with Crippen LogP contribution in [0.4, 0.5) is 0 Å². The fourth-order valence-electron chi connectivity index (χ4n) is 1.68. The van der Waals surface area contributed by atoms with Crippen molar-refractivity contribution in [3.63, 3.8) is 0 Å². The molecule has 0 saturated heterocycles. The van der Waals surface area contributed by atoms with E-state index in [0.717, 1.165) is 9.75 Å². The summed E-state index contributed by atoms with van der Waals surface area (Å²) in [5.41, 5.74) is 1.37. The Bertz CT molecular complexity index is 353. The molecule has 0 bridgehead atoms. The van der Waals surface area contributed by atoms with E-state index in [1.807, 2.05) is 13.8 Å². The molecule has 1 aromatic heterocycles. The number of hydrogen-bond acceptors (Lipinski definition) is 3. The van der Waals surface area contributed by atoms with Gasteiger partial charge in [-0.3, -0.25) is 9.59 Å². The maximum absolute atomic E-state index is 11.3. The van der Waals surface area contributed by atoms with Gasteiger partial charge in [-0.05, 0) is 13.8 Å². The van der Waals surface area contributed by atoms with Crippen LogP contribution in [-0.2, 0) is 0 Å². The molecule has 0 aliphatic heterocycles. The van der Waals surface area contributed by atoms with Crippen molar-refractivity contribution in [1.82, 2.24) is 0 Å². The molecular formula is C9H8O2S. The minimum Gasteiger partial charge on any atom is -0.294 e. The number of thiophene rings is 1. The molecule has 3 heteroatoms. The van der Waals surface area contributed by atoms with Gasteiger partial charge in [-0.25, -0.2) is 0 Å². The Hall–Kier alpha value is -0.960. The molecule has 2 nitrogen and oxygen atoms in total. The predicted octanol–water partition coefficient (Wildman–Crippen LogP) is 2.13. The highest BCUT2D eigenvalue weighted by molar-refractivity contribution is 7.12. The van der Waals surface area contributed by atoms with Crippen LogP contribution in [-0.4, -0.2) is 11.6 Å². The van der Waals surface area contributed by atoms with Gasteiger partial charge in [0.1, 0.15) is 0 Å². The second-order valence-corrected chi connectivity index (χ2v) is 4.42. The average Bonchev–Trinajstić information content (AvgIpc) is 2.38. The lowest BCUT2D eigenvalue weighted by atomic mass is 10.1. The standard InChI is InChI=1S/C9H8O2S/c1-4-8-6(10)3-7(11)9(8)5(2)12-4/h3H2,1-2H3. The van der Waals surface area contributed by atoms with E-state index >= 15 is 0 Å². The van der Waals surface area contributed by atoms with Gasteiger partial charge >= 0.3 is 0 Å². The first-order valence-corrected chi connectivity index (χ1v) is 4.59. The van der Waals surface area contributed by atoms with E-state index < -0.39 is 0 Å². The number of hydrogen-bond donors (Lipinski definition) is 0. The molecule has 0 fully saturated rings. The van der Waals surface area contributed by atoms with Crippen LogP contribution in [0.2, 0.25) is 0 Å². The average molecular weight is 180 g/mol. The number of carbonyl (C=O) groups is 2. The molecule has 1 aliphatic carbocycles. The summed E-state index contributed by atoms with van der Waals surface area (Å²) in [6, 6.07) is 0. The van der Waals surface area contributed by atoms with Crippen molar-refractivity contribution in [2.45, 2.75) is 20.3 Å². The van der Waals surface area contributed by atoms with Crippen LogP contribution >= 0.6 is 11.3 Å². The van der Waals surface area contributed by atoms with Crippen LogP contribution in [0.25, 0.3) is 0 Å². The van der Waals surface area contributed by atoms with E-state index in [1.54, 1.807) is 0 Å². The van der Waals surface area contributed by atoms with Gasteiger partial charge in [-0.15, -0.1) is 11.3 Å². The van der Waals surface area contributed by atoms with Crippen LogP contribution in [0.5, 0.6) is 0 Å². The summed E-state index contributed by atoms with van der Waals surface area (Å²) in [5, 5.41) is 0. The Kier molecular flexibility index (Phi) is 1.45. The third kappa shape index (κ3) is 0.799. The highest BCUT2D eigenvalue weighted by Gasteiger charge is 2.32. The lowest BCUT2D eigenvalue weighted by Crippen LogP contribution is -1.93. The van der Waals surface area contributed by atoms with Crippen molar-refractivity contribution >= 4 is 22.9 Å². The lowest BCUT2D eigenvalue weighted by Gasteiger charge is -1.86. The van der Waals surface area contributed by atoms with Gasteiger partial charge in [0.25, 0.3) is 0 Å². The zero-order valence-corrected chi connectivity index (χ0v) is 7.75. The molecule has 0 spiro atoms. The van der Waals surface area contributed by atoms with E-state index in [1.165, 1.54) is 11.3 Å². The molecule has 0 amide bonds. The topological polar surface area (TPSA) is 34.1 Å². The Morgan fingerprint density at radius 2 is 1.42 bits per heavy atom. The van der Waals surface area contributed by atoms with E-state index in [2.05, 4.69) is 0 Å². The van der Waals surface area contributed by atoms with Crippen LogP contribution in [0, 0.1) is 13.8 Å². The first kappa shape index (κ1) is 7.68. The van der Waals surface area contributed by atoms with Crippen LogP contribution in [0.3, 0.4) is 0 Å². The number of Topliss-reactive ketones (excluding diaryl/α,β-unsaturated/α-hetero) is 2. The van der Waals surface area contributed by atoms with Crippen LogP contribution in [0.15, 0.2) is 0 Å². The smallest absolute Gasteiger partial charge is 0.172 e. The third-order valence-corrected chi connectivity index (χ3v) is 3.16. The summed E-state index contributed by atoms with van der Waals surface area (Å²) < 4.78 is 0. The minimum absolute atomic E-state index is 0.00292. The SMILES string of the molecule is Cc1sc(C)c2c1C(=O)CC2=O. The number of carbonyl (C=O) groups excluding carboxylic acids is 2. The summed E-state index contributed by atoms with van der Waals surface area (Å²) in [6.07, 6.45) is 0.0832. The van der Waals surface area contributed by atoms with Gasteiger partial charge in [0, 0.05) is 20.9 Å². The largest absolute Gasteiger partial charge is 0.294 e. The molecule has 1 aromatic rings. The fraction of sp³-hybridized carbons (Fsp3) is 0.333. The molecule has 1 heterocycles. The molecule has 62 valence electrons. The highest BCUT2D eigenvalue weighted by Crippen LogP contribution is 2.33. The third-order valence-electron chi connectivity index (χ3n) is 2.14. The molecule has 0 saturated carbocycles. The highest BCUT2D eigenvalue weighted by atomic mass is 32.1. The monoisotopic (exact) mass is 180 g/mol. The van der Waals surface area contributed by atoms with E-state index in [0.29, 0.717) is 11.1 Å². The maximum atomic E-state index is 11.3. The zero-order chi connectivity index (χ0) is 8.88. The van der Waals surface area contributed by atoms with Gasteiger partial charge in [-0.1, -0.05) is 0 Å². The van der Waals surface area contributed by atoms with Crippen molar-refractivity contribution in [3.05, 3.63) is 20.9 Å². The molecule has 1 aliphatic rings. The van der Waals surface area contributed by atoms with E-state index in [9.17, 15) is 9.59 Å². The Labute approximate surface area is 74.2 Å². The summed E-state index contributed by atoms with van der Waals surface area (Å²) in [4.78, 5) is 24.6. The summed E-state index contributed by atoms with van der Waals surface area (Å²) >= 11 is 1.54. The second-order valence-electron chi connectivity index (χ2n) is 2.99. The predicted molar refractivity (Wildman–Crippen MR) is 47.1 cm³/mol. The molecule has 2 rings (SSSR count).